The van der Waals surface area contributed by atoms with Crippen LogP contribution in [0.2, 0.25) is 0 Å². The Morgan fingerprint density at radius 2 is 2.00 bits per heavy atom. The number of nitrogens with one attached hydrogen (secondary N) is 1. The molecule has 0 aliphatic rings. The van der Waals surface area contributed by atoms with Crippen LogP contribution in [-0.4, -0.2) is 16.7 Å². The van der Waals surface area contributed by atoms with Gasteiger partial charge < -0.3 is 5.32 Å². The first-order valence-corrected chi connectivity index (χ1v) is 6.99. The Morgan fingerprint density at radius 1 is 1.25 bits per heavy atom. The molecule has 0 amide bonds. The van der Waals surface area contributed by atoms with E-state index in [1.807, 2.05) is 0 Å². The minimum atomic E-state index is 0.653. The van der Waals surface area contributed by atoms with E-state index in [4.69, 9.17) is 0 Å². The maximum Gasteiger partial charge on any atom is 0.205 e. The van der Waals surface area contributed by atoms with Crippen molar-refractivity contribution in [3.63, 3.8) is 0 Å². The average Bonchev–Trinajstić information content (AvgIpc) is 2.62. The maximum absolute atomic E-state index is 4.19. The fourth-order valence-corrected chi connectivity index (χ4v) is 2.57. The molecule has 3 nitrogen and oxygen atoms in total. The number of anilines is 1. The van der Waals surface area contributed by atoms with Gasteiger partial charge in [-0.3, -0.25) is 0 Å². The molecule has 0 radical (unpaired) electrons. The molecule has 0 aromatic carbocycles. The molecule has 1 aromatic heterocycles. The van der Waals surface area contributed by atoms with E-state index in [1.165, 1.54) is 12.8 Å². The predicted molar refractivity (Wildman–Crippen MR) is 71.0 cm³/mol. The molecule has 0 aliphatic heterocycles. The lowest BCUT2D eigenvalue weighted by Crippen LogP contribution is -2.10. The molecule has 1 unspecified atom stereocenters. The molecule has 0 bridgehead atoms. The van der Waals surface area contributed by atoms with Crippen molar-refractivity contribution in [3.8, 4) is 0 Å². The summed E-state index contributed by atoms with van der Waals surface area (Å²) in [5, 5.41) is 13.8. The molecule has 0 fully saturated rings. The minimum absolute atomic E-state index is 0.653. The Morgan fingerprint density at radius 3 is 2.62 bits per heavy atom. The molecular weight excluding hydrogens is 218 g/mol. The minimum Gasteiger partial charge on any atom is -0.360 e. The van der Waals surface area contributed by atoms with Crippen LogP contribution in [0.4, 0.5) is 5.13 Å². The summed E-state index contributed by atoms with van der Waals surface area (Å²) in [7, 11) is 0. The van der Waals surface area contributed by atoms with Crippen molar-refractivity contribution in [3.05, 3.63) is 5.01 Å². The maximum atomic E-state index is 4.19. The van der Waals surface area contributed by atoms with Gasteiger partial charge in [0.2, 0.25) is 5.13 Å². The van der Waals surface area contributed by atoms with Crippen molar-refractivity contribution in [1.29, 1.82) is 0 Å². The number of hydrogen-bond donors (Lipinski definition) is 1. The van der Waals surface area contributed by atoms with E-state index in [1.54, 1.807) is 11.3 Å². The molecule has 1 atom stereocenters. The zero-order chi connectivity index (χ0) is 12.0. The topological polar surface area (TPSA) is 37.8 Å². The van der Waals surface area contributed by atoms with Gasteiger partial charge in [-0.2, -0.15) is 0 Å². The van der Waals surface area contributed by atoms with Crippen molar-refractivity contribution in [1.82, 2.24) is 10.2 Å². The standard InChI is InChI=1S/C12H23N3S/c1-5-6-10(4)8-13-12-15-14-11(16-12)7-9(2)3/h9-10H,5-8H2,1-4H3,(H,13,15). The van der Waals surface area contributed by atoms with Gasteiger partial charge >= 0.3 is 0 Å². The summed E-state index contributed by atoms with van der Waals surface area (Å²) in [5.74, 6) is 1.36. The monoisotopic (exact) mass is 241 g/mol. The van der Waals surface area contributed by atoms with Crippen molar-refractivity contribution in [2.24, 2.45) is 11.8 Å². The second kappa shape index (κ2) is 6.84. The van der Waals surface area contributed by atoms with E-state index in [2.05, 4.69) is 43.2 Å². The van der Waals surface area contributed by atoms with Crippen LogP contribution in [0.5, 0.6) is 0 Å². The molecule has 1 N–H and O–H groups in total. The second-order valence-corrected chi connectivity index (χ2v) is 5.94. The van der Waals surface area contributed by atoms with Crippen LogP contribution >= 0.6 is 11.3 Å². The van der Waals surface area contributed by atoms with E-state index in [-0.39, 0.29) is 0 Å². The van der Waals surface area contributed by atoms with E-state index >= 15 is 0 Å². The fourth-order valence-electron chi connectivity index (χ4n) is 1.61. The summed E-state index contributed by atoms with van der Waals surface area (Å²) in [6, 6.07) is 0. The van der Waals surface area contributed by atoms with Gasteiger partial charge in [-0.15, -0.1) is 10.2 Å². The Hall–Kier alpha value is -0.640. The van der Waals surface area contributed by atoms with Crippen molar-refractivity contribution in [2.45, 2.75) is 47.0 Å². The molecule has 92 valence electrons. The van der Waals surface area contributed by atoms with Gasteiger partial charge in [0.15, 0.2) is 0 Å². The van der Waals surface area contributed by atoms with Gasteiger partial charge in [-0.05, 0) is 18.3 Å². The van der Waals surface area contributed by atoms with E-state index in [9.17, 15) is 0 Å². The molecule has 16 heavy (non-hydrogen) atoms. The van der Waals surface area contributed by atoms with Crippen molar-refractivity contribution < 1.29 is 0 Å². The van der Waals surface area contributed by atoms with E-state index in [0.29, 0.717) is 11.8 Å². The SMILES string of the molecule is CCCC(C)CNc1nnc(CC(C)C)s1. The molecule has 1 heterocycles. The van der Waals surface area contributed by atoms with Crippen LogP contribution in [0.3, 0.4) is 0 Å². The summed E-state index contributed by atoms with van der Waals surface area (Å²) in [4.78, 5) is 0. The molecule has 4 heteroatoms. The predicted octanol–water partition coefficient (Wildman–Crippen LogP) is 3.58. The summed E-state index contributed by atoms with van der Waals surface area (Å²) >= 11 is 1.69. The highest BCUT2D eigenvalue weighted by atomic mass is 32.1. The zero-order valence-electron chi connectivity index (χ0n) is 10.8. The average molecular weight is 241 g/mol. The summed E-state index contributed by atoms with van der Waals surface area (Å²) in [6.07, 6.45) is 3.55. The smallest absolute Gasteiger partial charge is 0.205 e. The van der Waals surface area contributed by atoms with Crippen molar-refractivity contribution in [2.75, 3.05) is 11.9 Å². The Labute approximate surface area is 103 Å². The first-order chi connectivity index (χ1) is 7.61. The first kappa shape index (κ1) is 13.4. The molecule has 0 spiro atoms. The lowest BCUT2D eigenvalue weighted by atomic mass is 10.1. The highest BCUT2D eigenvalue weighted by molar-refractivity contribution is 7.15. The van der Waals surface area contributed by atoms with Crippen LogP contribution < -0.4 is 5.32 Å². The highest BCUT2D eigenvalue weighted by Gasteiger charge is 2.07. The number of hydrogen-bond acceptors (Lipinski definition) is 4. The Kier molecular flexibility index (Phi) is 5.74. The summed E-state index contributed by atoms with van der Waals surface area (Å²) < 4.78 is 0. The van der Waals surface area contributed by atoms with Crippen LogP contribution in [0.15, 0.2) is 0 Å². The van der Waals surface area contributed by atoms with E-state index in [0.717, 1.165) is 23.1 Å². The van der Waals surface area contributed by atoms with Crippen LogP contribution in [0.1, 0.15) is 45.5 Å². The molecule has 1 aromatic rings. The van der Waals surface area contributed by atoms with Crippen molar-refractivity contribution >= 4 is 16.5 Å². The zero-order valence-corrected chi connectivity index (χ0v) is 11.6. The Bertz CT molecular complexity index is 296. The third-order valence-corrected chi connectivity index (χ3v) is 3.34. The number of nitrogens with zero attached hydrogens (tertiary/aromatic N) is 2. The quantitative estimate of drug-likeness (QED) is 0.793. The van der Waals surface area contributed by atoms with Crippen LogP contribution in [0.25, 0.3) is 0 Å². The lowest BCUT2D eigenvalue weighted by molar-refractivity contribution is 0.550. The highest BCUT2D eigenvalue weighted by Crippen LogP contribution is 2.18. The van der Waals surface area contributed by atoms with Gasteiger partial charge in [-0.1, -0.05) is 45.5 Å². The molecule has 0 aliphatic carbocycles. The third kappa shape index (κ3) is 4.92. The molecule has 0 saturated carbocycles. The van der Waals surface area contributed by atoms with Gasteiger partial charge in [0, 0.05) is 13.0 Å². The largest absolute Gasteiger partial charge is 0.360 e. The summed E-state index contributed by atoms with van der Waals surface area (Å²) in [5.41, 5.74) is 0. The fraction of sp³-hybridized carbons (Fsp3) is 0.833. The number of rotatable bonds is 7. The number of aromatic nitrogens is 2. The summed E-state index contributed by atoms with van der Waals surface area (Å²) in [6.45, 7) is 9.91. The molecular formula is C12H23N3S. The second-order valence-electron chi connectivity index (χ2n) is 4.87. The third-order valence-electron chi connectivity index (χ3n) is 2.43. The Balaban J connectivity index is 2.34. The normalized spacial score (nSPS) is 13.1. The van der Waals surface area contributed by atoms with Crippen LogP contribution in [-0.2, 0) is 6.42 Å². The first-order valence-electron chi connectivity index (χ1n) is 6.18. The van der Waals surface area contributed by atoms with Gasteiger partial charge in [0.25, 0.3) is 0 Å². The van der Waals surface area contributed by atoms with E-state index < -0.39 is 0 Å². The molecule has 1 rings (SSSR count). The van der Waals surface area contributed by atoms with Gasteiger partial charge in [0.1, 0.15) is 5.01 Å². The van der Waals surface area contributed by atoms with Crippen LogP contribution in [0, 0.1) is 11.8 Å². The molecule has 0 saturated heterocycles. The van der Waals surface area contributed by atoms with Gasteiger partial charge in [-0.25, -0.2) is 0 Å². The lowest BCUT2D eigenvalue weighted by Gasteiger charge is -2.09. The van der Waals surface area contributed by atoms with Gasteiger partial charge in [0.05, 0.1) is 0 Å².